The number of thioether (sulfide) groups is 1. The first kappa shape index (κ1) is 16.5. The van der Waals surface area contributed by atoms with Crippen molar-refractivity contribution < 1.29 is 13.2 Å². The van der Waals surface area contributed by atoms with E-state index >= 15 is 0 Å². The van der Waals surface area contributed by atoms with E-state index in [9.17, 15) is 13.2 Å². The van der Waals surface area contributed by atoms with Crippen molar-refractivity contribution in [2.75, 3.05) is 0 Å². The number of halogens is 5. The molecule has 0 N–H and O–H groups in total. The molecule has 1 aromatic carbocycles. The van der Waals surface area contributed by atoms with Crippen LogP contribution in [0.1, 0.15) is 12.0 Å². The average Bonchev–Trinajstić information content (AvgIpc) is 2.37. The van der Waals surface area contributed by atoms with Crippen molar-refractivity contribution in [2.45, 2.75) is 17.8 Å². The summed E-state index contributed by atoms with van der Waals surface area (Å²) in [5.74, 6) is 0. The zero-order valence-corrected chi connectivity index (χ0v) is 13.0. The summed E-state index contributed by atoms with van der Waals surface area (Å²) in [7, 11) is 0. The smallest absolute Gasteiger partial charge is 0.166 e. The van der Waals surface area contributed by atoms with Gasteiger partial charge in [0.2, 0.25) is 0 Å². The second-order valence-electron chi connectivity index (χ2n) is 4.41. The minimum Gasteiger partial charge on any atom is -0.166 e. The fraction of sp³-hybridized carbons (Fsp3) is 0.200. The standard InChI is InChI=1S/C15H11Cl2F3S/c16-11-6-10(7-12(17)8-11)14(15(18,19)20)9-21-13-4-2-1-3-5-13/h1-4,6-9,13H,5H2/b14-9-. The molecule has 0 saturated heterocycles. The molecule has 1 aliphatic rings. The molecule has 0 aromatic heterocycles. The summed E-state index contributed by atoms with van der Waals surface area (Å²) < 4.78 is 39.7. The lowest BCUT2D eigenvalue weighted by Gasteiger charge is -2.15. The molecule has 21 heavy (non-hydrogen) atoms. The maximum atomic E-state index is 13.2. The van der Waals surface area contributed by atoms with Gasteiger partial charge < -0.3 is 0 Å². The number of hydrogen-bond donors (Lipinski definition) is 0. The molecule has 6 heteroatoms. The number of allylic oxidation sites excluding steroid dienone is 4. The molecule has 0 amide bonds. The monoisotopic (exact) mass is 350 g/mol. The lowest BCUT2D eigenvalue weighted by atomic mass is 10.1. The minimum atomic E-state index is -4.46. The van der Waals surface area contributed by atoms with Crippen LogP contribution in [0.15, 0.2) is 47.9 Å². The third-order valence-corrected chi connectivity index (χ3v) is 4.29. The van der Waals surface area contributed by atoms with Crippen molar-refractivity contribution >= 4 is 40.5 Å². The Morgan fingerprint density at radius 1 is 1.14 bits per heavy atom. The Labute approximate surface area is 135 Å². The highest BCUT2D eigenvalue weighted by Gasteiger charge is 2.35. The number of alkyl halides is 3. The minimum absolute atomic E-state index is 0.00186. The predicted molar refractivity (Wildman–Crippen MR) is 84.8 cm³/mol. The van der Waals surface area contributed by atoms with Gasteiger partial charge in [0.25, 0.3) is 0 Å². The van der Waals surface area contributed by atoms with E-state index in [-0.39, 0.29) is 20.9 Å². The molecule has 0 radical (unpaired) electrons. The molecule has 0 spiro atoms. The maximum Gasteiger partial charge on any atom is 0.417 e. The summed E-state index contributed by atoms with van der Waals surface area (Å²) in [5, 5.41) is 1.49. The maximum absolute atomic E-state index is 13.2. The van der Waals surface area contributed by atoms with E-state index in [0.717, 1.165) is 17.2 Å². The van der Waals surface area contributed by atoms with Gasteiger partial charge in [-0.2, -0.15) is 13.2 Å². The quantitative estimate of drug-likeness (QED) is 0.598. The van der Waals surface area contributed by atoms with Gasteiger partial charge >= 0.3 is 6.18 Å². The molecule has 0 saturated carbocycles. The Kier molecular flexibility index (Phi) is 5.47. The summed E-state index contributed by atoms with van der Waals surface area (Å²) in [6.07, 6.45) is 3.75. The van der Waals surface area contributed by atoms with E-state index in [2.05, 4.69) is 0 Å². The third-order valence-electron chi connectivity index (χ3n) is 2.78. The summed E-state index contributed by atoms with van der Waals surface area (Å²) in [6.45, 7) is 0. The van der Waals surface area contributed by atoms with Gasteiger partial charge in [-0.1, -0.05) is 47.5 Å². The summed E-state index contributed by atoms with van der Waals surface area (Å²) in [4.78, 5) is 0. The molecule has 2 rings (SSSR count). The van der Waals surface area contributed by atoms with Gasteiger partial charge in [-0.15, -0.1) is 11.8 Å². The van der Waals surface area contributed by atoms with E-state index in [1.54, 1.807) is 0 Å². The van der Waals surface area contributed by atoms with Gasteiger partial charge in [-0.25, -0.2) is 0 Å². The molecule has 112 valence electrons. The molecule has 0 fully saturated rings. The highest BCUT2D eigenvalue weighted by atomic mass is 35.5. The topological polar surface area (TPSA) is 0 Å². The van der Waals surface area contributed by atoms with Gasteiger partial charge in [0.1, 0.15) is 0 Å². The molecule has 1 aliphatic carbocycles. The lowest BCUT2D eigenvalue weighted by Crippen LogP contribution is -2.11. The van der Waals surface area contributed by atoms with Gasteiger partial charge in [-0.3, -0.25) is 0 Å². The molecule has 1 aromatic rings. The summed E-state index contributed by atoms with van der Waals surface area (Å²) >= 11 is 12.7. The van der Waals surface area contributed by atoms with Crippen molar-refractivity contribution in [1.82, 2.24) is 0 Å². The molecule has 0 bridgehead atoms. The van der Waals surface area contributed by atoms with Crippen LogP contribution in [0.2, 0.25) is 10.0 Å². The van der Waals surface area contributed by atoms with E-state index in [4.69, 9.17) is 23.2 Å². The first-order valence-electron chi connectivity index (χ1n) is 6.09. The Bertz CT molecular complexity index is 583. The molecule has 1 atom stereocenters. The summed E-state index contributed by atoms with van der Waals surface area (Å²) in [5.41, 5.74) is -0.761. The first-order chi connectivity index (χ1) is 9.86. The Morgan fingerprint density at radius 3 is 2.33 bits per heavy atom. The van der Waals surface area contributed by atoms with E-state index < -0.39 is 11.7 Å². The van der Waals surface area contributed by atoms with Crippen LogP contribution < -0.4 is 0 Å². The normalized spacial score (nSPS) is 19.1. The third kappa shape index (κ3) is 4.83. The van der Waals surface area contributed by atoms with Gasteiger partial charge in [0, 0.05) is 15.3 Å². The summed E-state index contributed by atoms with van der Waals surface area (Å²) in [6, 6.07) is 3.94. The van der Waals surface area contributed by atoms with Crippen LogP contribution in [0.5, 0.6) is 0 Å². The van der Waals surface area contributed by atoms with Crippen LogP contribution in [-0.4, -0.2) is 11.4 Å². The number of hydrogen-bond acceptors (Lipinski definition) is 1. The average molecular weight is 351 g/mol. The van der Waals surface area contributed by atoms with Gasteiger partial charge in [-0.05, 0) is 35.6 Å². The van der Waals surface area contributed by atoms with Crippen LogP contribution in [0.25, 0.3) is 5.57 Å². The largest absolute Gasteiger partial charge is 0.417 e. The zero-order chi connectivity index (χ0) is 15.5. The fourth-order valence-corrected chi connectivity index (χ4v) is 3.33. The van der Waals surface area contributed by atoms with Crippen LogP contribution in [0, 0.1) is 0 Å². The molecular weight excluding hydrogens is 340 g/mol. The van der Waals surface area contributed by atoms with Gasteiger partial charge in [0.15, 0.2) is 0 Å². The van der Waals surface area contributed by atoms with E-state index in [1.165, 1.54) is 18.2 Å². The molecule has 0 heterocycles. The van der Waals surface area contributed by atoms with Crippen molar-refractivity contribution in [3.05, 3.63) is 63.5 Å². The highest BCUT2D eigenvalue weighted by molar-refractivity contribution is 8.03. The molecule has 1 unspecified atom stereocenters. The van der Waals surface area contributed by atoms with Crippen molar-refractivity contribution in [1.29, 1.82) is 0 Å². The number of benzene rings is 1. The van der Waals surface area contributed by atoms with Crippen LogP contribution in [0.3, 0.4) is 0 Å². The molecular formula is C15H11Cl2F3S. The van der Waals surface area contributed by atoms with Crippen molar-refractivity contribution in [3.8, 4) is 0 Å². The second-order valence-corrected chi connectivity index (χ2v) is 6.40. The van der Waals surface area contributed by atoms with Crippen LogP contribution in [0.4, 0.5) is 13.2 Å². The lowest BCUT2D eigenvalue weighted by molar-refractivity contribution is -0.0687. The Morgan fingerprint density at radius 2 is 1.81 bits per heavy atom. The van der Waals surface area contributed by atoms with Crippen molar-refractivity contribution in [2.24, 2.45) is 0 Å². The van der Waals surface area contributed by atoms with E-state index in [0.29, 0.717) is 6.42 Å². The number of rotatable bonds is 3. The highest BCUT2D eigenvalue weighted by Crippen LogP contribution is 2.38. The zero-order valence-electron chi connectivity index (χ0n) is 10.7. The first-order valence-corrected chi connectivity index (χ1v) is 7.79. The fourth-order valence-electron chi connectivity index (χ4n) is 1.82. The van der Waals surface area contributed by atoms with Crippen LogP contribution >= 0.6 is 35.0 Å². The molecule has 0 nitrogen and oxygen atoms in total. The van der Waals surface area contributed by atoms with Crippen molar-refractivity contribution in [3.63, 3.8) is 0 Å². The Balaban J connectivity index is 2.30. The van der Waals surface area contributed by atoms with Crippen LogP contribution in [-0.2, 0) is 0 Å². The second kappa shape index (κ2) is 6.95. The Hall–Kier alpha value is -0.840. The van der Waals surface area contributed by atoms with Gasteiger partial charge in [0.05, 0.1) is 5.57 Å². The predicted octanol–water partition coefficient (Wildman–Crippen LogP) is 6.51. The molecule has 0 aliphatic heterocycles. The SMILES string of the molecule is FC(F)(F)/C(=C\SC1C=CC=CC1)c1cc(Cl)cc(Cl)c1. The van der Waals surface area contributed by atoms with E-state index in [1.807, 2.05) is 24.3 Å².